The van der Waals surface area contributed by atoms with Crippen LogP contribution in [-0.4, -0.2) is 25.0 Å². The van der Waals surface area contributed by atoms with Crippen LogP contribution >= 0.6 is 0 Å². The molecule has 2 amide bonds. The molecule has 0 aliphatic carbocycles. The number of hydrogen-bond donors (Lipinski definition) is 1. The van der Waals surface area contributed by atoms with Gasteiger partial charge in [0.05, 0.1) is 7.11 Å². The number of methoxy groups -OCH3 is 1. The summed E-state index contributed by atoms with van der Waals surface area (Å²) in [7, 11) is 1.60. The number of carbonyl (C=O) groups excluding carboxylic acids is 2. The minimum Gasteiger partial charge on any atom is -0.497 e. The number of nitrogens with zero attached hydrogens (tertiary/aromatic N) is 1. The van der Waals surface area contributed by atoms with Crippen molar-refractivity contribution < 1.29 is 14.3 Å². The molecule has 130 valence electrons. The standard InChI is InChI=1S/C20H22N2O3/c1-13-11-15(12-19(21)23)17-5-3-4-6-18(17)22(13)20(24)14-7-9-16(25-2)10-8-14/h3-10,13,15H,11-12H2,1-2H3,(H2,21,23)/t13-,15+/m0/s1. The maximum Gasteiger partial charge on any atom is 0.258 e. The second-order valence-corrected chi connectivity index (χ2v) is 6.41. The Balaban J connectivity index is 1.97. The van der Waals surface area contributed by atoms with E-state index in [1.54, 1.807) is 31.4 Å². The molecule has 2 aromatic carbocycles. The number of hydrogen-bond acceptors (Lipinski definition) is 3. The fraction of sp³-hybridized carbons (Fsp3) is 0.300. The molecule has 0 spiro atoms. The first-order chi connectivity index (χ1) is 12.0. The van der Waals surface area contributed by atoms with Gasteiger partial charge >= 0.3 is 0 Å². The lowest BCUT2D eigenvalue weighted by molar-refractivity contribution is -0.118. The van der Waals surface area contributed by atoms with E-state index in [1.165, 1.54) is 0 Å². The van der Waals surface area contributed by atoms with Crippen LogP contribution in [0, 0.1) is 0 Å². The highest BCUT2D eigenvalue weighted by Gasteiger charge is 2.34. The predicted molar refractivity (Wildman–Crippen MR) is 96.9 cm³/mol. The minimum atomic E-state index is -0.318. The molecule has 2 N–H and O–H groups in total. The Morgan fingerprint density at radius 1 is 1.16 bits per heavy atom. The first-order valence-electron chi connectivity index (χ1n) is 8.36. The molecule has 0 unspecified atom stereocenters. The van der Waals surface area contributed by atoms with E-state index in [0.29, 0.717) is 24.2 Å². The van der Waals surface area contributed by atoms with Gasteiger partial charge in [-0.1, -0.05) is 18.2 Å². The van der Waals surface area contributed by atoms with E-state index in [2.05, 4.69) is 0 Å². The topological polar surface area (TPSA) is 72.6 Å². The van der Waals surface area contributed by atoms with Crippen molar-refractivity contribution in [3.63, 3.8) is 0 Å². The number of nitrogens with two attached hydrogens (primary N) is 1. The van der Waals surface area contributed by atoms with Crippen molar-refractivity contribution in [3.8, 4) is 5.75 Å². The van der Waals surface area contributed by atoms with Crippen LogP contribution in [0.2, 0.25) is 0 Å². The van der Waals surface area contributed by atoms with Gasteiger partial charge in [-0.15, -0.1) is 0 Å². The van der Waals surface area contributed by atoms with Crippen molar-refractivity contribution in [3.05, 3.63) is 59.7 Å². The average Bonchev–Trinajstić information content (AvgIpc) is 2.61. The molecule has 1 aliphatic heterocycles. The first kappa shape index (κ1) is 17.0. The van der Waals surface area contributed by atoms with Crippen LogP contribution in [-0.2, 0) is 4.79 Å². The lowest BCUT2D eigenvalue weighted by Crippen LogP contribution is -2.43. The average molecular weight is 338 g/mol. The Morgan fingerprint density at radius 2 is 1.84 bits per heavy atom. The number of para-hydroxylation sites is 1. The van der Waals surface area contributed by atoms with Gasteiger partial charge in [-0.2, -0.15) is 0 Å². The molecule has 0 saturated carbocycles. The van der Waals surface area contributed by atoms with Crippen LogP contribution in [0.3, 0.4) is 0 Å². The highest BCUT2D eigenvalue weighted by atomic mass is 16.5. The molecule has 3 rings (SSSR count). The number of amides is 2. The van der Waals surface area contributed by atoms with Crippen LogP contribution < -0.4 is 15.4 Å². The van der Waals surface area contributed by atoms with Gasteiger partial charge in [-0.05, 0) is 55.2 Å². The van der Waals surface area contributed by atoms with E-state index < -0.39 is 0 Å². The smallest absolute Gasteiger partial charge is 0.258 e. The van der Waals surface area contributed by atoms with Gasteiger partial charge < -0.3 is 15.4 Å². The number of primary amides is 1. The molecule has 0 saturated heterocycles. The maximum atomic E-state index is 13.1. The molecule has 1 heterocycles. The highest BCUT2D eigenvalue weighted by molar-refractivity contribution is 6.07. The van der Waals surface area contributed by atoms with E-state index in [-0.39, 0.29) is 23.8 Å². The molecule has 0 aromatic heterocycles. The second kappa shape index (κ2) is 6.97. The summed E-state index contributed by atoms with van der Waals surface area (Å²) in [6.07, 6.45) is 1.01. The number of fused-ring (bicyclic) bond motifs is 1. The zero-order valence-electron chi connectivity index (χ0n) is 14.4. The predicted octanol–water partition coefficient (Wildman–Crippen LogP) is 3.09. The third kappa shape index (κ3) is 3.36. The molecule has 0 fully saturated rings. The Hall–Kier alpha value is -2.82. The van der Waals surface area contributed by atoms with Crippen molar-refractivity contribution in [1.29, 1.82) is 0 Å². The van der Waals surface area contributed by atoms with E-state index in [1.807, 2.05) is 36.1 Å². The van der Waals surface area contributed by atoms with Crippen molar-refractivity contribution >= 4 is 17.5 Å². The Labute approximate surface area is 147 Å². The van der Waals surface area contributed by atoms with Crippen LogP contribution in [0.5, 0.6) is 5.75 Å². The minimum absolute atomic E-state index is 0.0196. The summed E-state index contributed by atoms with van der Waals surface area (Å²) >= 11 is 0. The van der Waals surface area contributed by atoms with Crippen molar-refractivity contribution in [2.24, 2.45) is 5.73 Å². The summed E-state index contributed by atoms with van der Waals surface area (Å²) < 4.78 is 5.15. The maximum absolute atomic E-state index is 13.1. The normalized spacial score (nSPS) is 19.2. The Bertz CT molecular complexity index is 786. The monoisotopic (exact) mass is 338 g/mol. The summed E-state index contributed by atoms with van der Waals surface area (Å²) in [4.78, 5) is 26.3. The molecule has 2 aromatic rings. The van der Waals surface area contributed by atoms with E-state index in [0.717, 1.165) is 11.3 Å². The summed E-state index contributed by atoms with van der Waals surface area (Å²) in [5.74, 6) is 0.385. The number of benzene rings is 2. The van der Waals surface area contributed by atoms with E-state index in [4.69, 9.17) is 10.5 Å². The molecule has 0 bridgehead atoms. The van der Waals surface area contributed by atoms with Gasteiger partial charge in [0, 0.05) is 23.7 Å². The van der Waals surface area contributed by atoms with Gasteiger partial charge in [-0.25, -0.2) is 0 Å². The molecule has 0 radical (unpaired) electrons. The second-order valence-electron chi connectivity index (χ2n) is 6.41. The van der Waals surface area contributed by atoms with Crippen LogP contribution in [0.25, 0.3) is 0 Å². The van der Waals surface area contributed by atoms with E-state index >= 15 is 0 Å². The number of anilines is 1. The van der Waals surface area contributed by atoms with Crippen LogP contribution in [0.15, 0.2) is 48.5 Å². The molecular weight excluding hydrogens is 316 g/mol. The first-order valence-corrected chi connectivity index (χ1v) is 8.36. The van der Waals surface area contributed by atoms with Crippen LogP contribution in [0.4, 0.5) is 5.69 Å². The highest BCUT2D eigenvalue weighted by Crippen LogP contribution is 2.40. The Morgan fingerprint density at radius 3 is 2.48 bits per heavy atom. The Kier molecular flexibility index (Phi) is 4.74. The SMILES string of the molecule is COc1ccc(C(=O)N2c3ccccc3[C@@H](CC(N)=O)C[C@@H]2C)cc1. The van der Waals surface area contributed by atoms with Gasteiger partial charge in [-0.3, -0.25) is 9.59 Å². The molecule has 1 aliphatic rings. The largest absolute Gasteiger partial charge is 0.497 e. The molecule has 5 heteroatoms. The zero-order chi connectivity index (χ0) is 18.0. The molecular formula is C20H22N2O3. The van der Waals surface area contributed by atoms with Crippen molar-refractivity contribution in [2.45, 2.75) is 31.7 Å². The zero-order valence-corrected chi connectivity index (χ0v) is 14.4. The van der Waals surface area contributed by atoms with Gasteiger partial charge in [0.2, 0.25) is 5.91 Å². The van der Waals surface area contributed by atoms with E-state index in [9.17, 15) is 9.59 Å². The van der Waals surface area contributed by atoms with Crippen molar-refractivity contribution in [1.82, 2.24) is 0 Å². The number of ether oxygens (including phenoxy) is 1. The molecule has 25 heavy (non-hydrogen) atoms. The quantitative estimate of drug-likeness (QED) is 0.931. The summed E-state index contributed by atoms with van der Waals surface area (Å²) in [6.45, 7) is 2.01. The van der Waals surface area contributed by atoms with Gasteiger partial charge in [0.1, 0.15) is 5.75 Å². The fourth-order valence-corrected chi connectivity index (χ4v) is 3.55. The number of carbonyl (C=O) groups is 2. The third-order valence-corrected chi connectivity index (χ3v) is 4.71. The molecule has 2 atom stereocenters. The summed E-state index contributed by atoms with van der Waals surface area (Å²) in [5.41, 5.74) is 7.87. The summed E-state index contributed by atoms with van der Waals surface area (Å²) in [5, 5.41) is 0. The van der Waals surface area contributed by atoms with Gasteiger partial charge in [0.25, 0.3) is 5.91 Å². The van der Waals surface area contributed by atoms with Gasteiger partial charge in [0.15, 0.2) is 0 Å². The third-order valence-electron chi connectivity index (χ3n) is 4.71. The lowest BCUT2D eigenvalue weighted by Gasteiger charge is -2.39. The van der Waals surface area contributed by atoms with Crippen LogP contribution in [0.1, 0.15) is 41.6 Å². The lowest BCUT2D eigenvalue weighted by atomic mass is 9.83. The number of rotatable bonds is 4. The molecule has 5 nitrogen and oxygen atoms in total. The van der Waals surface area contributed by atoms with Crippen molar-refractivity contribution in [2.75, 3.05) is 12.0 Å². The fourth-order valence-electron chi connectivity index (χ4n) is 3.55. The summed E-state index contributed by atoms with van der Waals surface area (Å²) in [6, 6.07) is 14.8.